The molecule has 0 spiro atoms. The topological polar surface area (TPSA) is 93.2 Å². The number of carbonyl (C=O) groups excluding carboxylic acids is 4. The summed E-state index contributed by atoms with van der Waals surface area (Å²) in [6.07, 6.45) is 4.07. The Hall–Kier alpha value is -3.62. The highest BCUT2D eigenvalue weighted by Gasteiger charge is 2.74. The van der Waals surface area contributed by atoms with Crippen LogP contribution in [0.4, 0.5) is 0 Å². The number of imide groups is 2. The second-order valence-corrected chi connectivity index (χ2v) is 11.5. The van der Waals surface area contributed by atoms with Gasteiger partial charge < -0.3 is 9.47 Å². The van der Waals surface area contributed by atoms with E-state index in [2.05, 4.69) is 0 Å². The molecule has 4 fully saturated rings. The monoisotopic (exact) mass is 540 g/mol. The SMILES string of the molecule is O=C1[C@@H]2[C@H]3C=C[C@@H]([C@@H]2C(=O)N1CCOCc1ccccc1)[C@@H]1[C@@H]2C(=O)N(CCOCc4ccccc4)C(=O)[C@H]2[C@H]31. The lowest BCUT2D eigenvalue weighted by atomic mass is 9.40. The molecule has 8 nitrogen and oxygen atoms in total. The zero-order valence-corrected chi connectivity index (χ0v) is 22.1. The van der Waals surface area contributed by atoms with Crippen molar-refractivity contribution in [1.82, 2.24) is 9.80 Å². The Morgan fingerprint density at radius 2 is 0.900 bits per heavy atom. The number of nitrogens with zero attached hydrogens (tertiary/aromatic N) is 2. The average molecular weight is 541 g/mol. The van der Waals surface area contributed by atoms with E-state index in [4.69, 9.17) is 9.47 Å². The first-order chi connectivity index (χ1) is 19.6. The fourth-order valence-corrected chi connectivity index (χ4v) is 8.01. The molecule has 4 amide bonds. The van der Waals surface area contributed by atoms with Crippen LogP contribution in [0, 0.1) is 47.3 Å². The van der Waals surface area contributed by atoms with Crippen molar-refractivity contribution in [2.45, 2.75) is 13.2 Å². The Labute approximate surface area is 232 Å². The highest BCUT2D eigenvalue weighted by molar-refractivity contribution is 6.09. The molecule has 4 aliphatic carbocycles. The summed E-state index contributed by atoms with van der Waals surface area (Å²) >= 11 is 0. The normalized spacial score (nSPS) is 33.3. The molecule has 2 saturated heterocycles. The third-order valence-corrected chi connectivity index (χ3v) is 9.67. The molecule has 2 bridgehead atoms. The van der Waals surface area contributed by atoms with Gasteiger partial charge in [-0.15, -0.1) is 0 Å². The van der Waals surface area contributed by atoms with Gasteiger partial charge in [-0.3, -0.25) is 29.0 Å². The molecule has 6 aliphatic rings. The van der Waals surface area contributed by atoms with Crippen molar-refractivity contribution < 1.29 is 28.7 Å². The van der Waals surface area contributed by atoms with Crippen LogP contribution in [-0.4, -0.2) is 59.7 Å². The van der Waals surface area contributed by atoms with Gasteiger partial charge in [0, 0.05) is 0 Å². The minimum absolute atomic E-state index is 0.0704. The van der Waals surface area contributed by atoms with E-state index in [1.165, 1.54) is 9.80 Å². The summed E-state index contributed by atoms with van der Waals surface area (Å²) in [4.78, 5) is 56.6. The first-order valence-corrected chi connectivity index (χ1v) is 14.2. The van der Waals surface area contributed by atoms with E-state index in [1.807, 2.05) is 72.8 Å². The fourth-order valence-electron chi connectivity index (χ4n) is 8.01. The highest BCUT2D eigenvalue weighted by Crippen LogP contribution is 2.68. The van der Waals surface area contributed by atoms with Crippen molar-refractivity contribution >= 4 is 23.6 Å². The summed E-state index contributed by atoms with van der Waals surface area (Å²) < 4.78 is 11.5. The summed E-state index contributed by atoms with van der Waals surface area (Å²) in [5.74, 6) is -2.89. The molecular weight excluding hydrogens is 508 g/mol. The van der Waals surface area contributed by atoms with Crippen molar-refractivity contribution in [3.63, 3.8) is 0 Å². The maximum Gasteiger partial charge on any atom is 0.233 e. The standard InChI is InChI=1S/C32H32N2O6/c35-29-25-21-11-12-22(26(25)30(36)33(29)13-15-39-17-19-7-3-1-4-8-19)24-23(21)27-28(24)32(38)34(31(27)37)14-16-40-18-20-9-5-2-6-10-20/h1-12,21-28H,13-18H2/t21-,22+,23+,24-,25+,26-,27-,28-/m0/s1. The smallest absolute Gasteiger partial charge is 0.233 e. The van der Waals surface area contributed by atoms with Gasteiger partial charge in [-0.2, -0.15) is 0 Å². The van der Waals surface area contributed by atoms with Gasteiger partial charge in [0.25, 0.3) is 0 Å². The van der Waals surface area contributed by atoms with Gasteiger partial charge >= 0.3 is 0 Å². The number of hydrogen-bond acceptors (Lipinski definition) is 6. The number of likely N-dealkylation sites (tertiary alicyclic amines) is 2. The maximum absolute atomic E-state index is 13.5. The summed E-state index contributed by atoms with van der Waals surface area (Å²) in [7, 11) is 0. The van der Waals surface area contributed by atoms with Gasteiger partial charge in [-0.1, -0.05) is 72.8 Å². The molecule has 2 heterocycles. The average Bonchev–Trinajstić information content (AvgIpc) is 3.34. The number of benzene rings is 2. The molecule has 2 aromatic carbocycles. The van der Waals surface area contributed by atoms with E-state index in [1.54, 1.807) is 0 Å². The van der Waals surface area contributed by atoms with Crippen LogP contribution in [-0.2, 0) is 41.9 Å². The first-order valence-electron chi connectivity index (χ1n) is 14.2. The van der Waals surface area contributed by atoms with Crippen molar-refractivity contribution in [3.8, 4) is 0 Å². The molecular formula is C32H32N2O6. The zero-order valence-electron chi connectivity index (χ0n) is 22.1. The first kappa shape index (κ1) is 25.4. The van der Waals surface area contributed by atoms with Gasteiger partial charge in [0.1, 0.15) is 0 Å². The quantitative estimate of drug-likeness (QED) is 0.261. The predicted molar refractivity (Wildman–Crippen MR) is 143 cm³/mol. The number of fused-ring (bicyclic) bond motifs is 1. The lowest BCUT2D eigenvalue weighted by molar-refractivity contribution is -0.166. The Balaban J connectivity index is 0.993. The highest BCUT2D eigenvalue weighted by atomic mass is 16.5. The number of amides is 4. The van der Waals surface area contributed by atoms with Gasteiger partial charge in [-0.05, 0) is 34.8 Å². The molecule has 206 valence electrons. The predicted octanol–water partition coefficient (Wildman–Crippen LogP) is 2.68. The zero-order chi connectivity index (χ0) is 27.4. The Kier molecular flexibility index (Phi) is 6.40. The summed E-state index contributed by atoms with van der Waals surface area (Å²) in [6, 6.07) is 19.5. The van der Waals surface area contributed by atoms with E-state index in [-0.39, 0.29) is 73.6 Å². The molecule has 0 N–H and O–H groups in total. The van der Waals surface area contributed by atoms with Crippen LogP contribution in [0.15, 0.2) is 72.8 Å². The van der Waals surface area contributed by atoms with Crippen molar-refractivity contribution in [1.29, 1.82) is 0 Å². The molecule has 8 atom stereocenters. The van der Waals surface area contributed by atoms with Crippen LogP contribution in [0.1, 0.15) is 11.1 Å². The molecule has 8 heteroatoms. The van der Waals surface area contributed by atoms with Crippen LogP contribution >= 0.6 is 0 Å². The van der Waals surface area contributed by atoms with Crippen LogP contribution in [0.5, 0.6) is 0 Å². The minimum atomic E-state index is -0.454. The number of carbonyl (C=O) groups is 4. The molecule has 0 aromatic heterocycles. The third-order valence-electron chi connectivity index (χ3n) is 9.67. The van der Waals surface area contributed by atoms with Crippen LogP contribution in [0.25, 0.3) is 0 Å². The molecule has 40 heavy (non-hydrogen) atoms. The number of ether oxygens (including phenoxy) is 2. The molecule has 8 rings (SSSR count). The Bertz CT molecular complexity index is 1300. The second-order valence-electron chi connectivity index (χ2n) is 11.5. The number of allylic oxidation sites excluding steroid dienone is 2. The van der Waals surface area contributed by atoms with Crippen LogP contribution in [0.3, 0.4) is 0 Å². The molecule has 0 radical (unpaired) electrons. The van der Waals surface area contributed by atoms with E-state index in [9.17, 15) is 19.2 Å². The molecule has 2 aliphatic heterocycles. The largest absolute Gasteiger partial charge is 0.375 e. The maximum atomic E-state index is 13.5. The van der Waals surface area contributed by atoms with Gasteiger partial charge in [0.15, 0.2) is 0 Å². The summed E-state index contributed by atoms with van der Waals surface area (Å²) in [5, 5.41) is 0. The lowest BCUT2D eigenvalue weighted by Crippen LogP contribution is -2.63. The molecule has 0 unspecified atom stereocenters. The van der Waals surface area contributed by atoms with E-state index >= 15 is 0 Å². The van der Waals surface area contributed by atoms with Crippen molar-refractivity contribution in [2.24, 2.45) is 47.3 Å². The van der Waals surface area contributed by atoms with Crippen molar-refractivity contribution in [3.05, 3.63) is 83.9 Å². The lowest BCUT2D eigenvalue weighted by Gasteiger charge is -2.60. The summed E-state index contributed by atoms with van der Waals surface area (Å²) in [5.41, 5.74) is 2.07. The summed E-state index contributed by atoms with van der Waals surface area (Å²) in [6.45, 7) is 1.82. The van der Waals surface area contributed by atoms with Crippen LogP contribution < -0.4 is 0 Å². The van der Waals surface area contributed by atoms with E-state index < -0.39 is 23.7 Å². The third kappa shape index (κ3) is 3.88. The minimum Gasteiger partial charge on any atom is -0.375 e. The van der Waals surface area contributed by atoms with Gasteiger partial charge in [0.2, 0.25) is 23.6 Å². The van der Waals surface area contributed by atoms with E-state index in [0.717, 1.165) is 11.1 Å². The van der Waals surface area contributed by atoms with Crippen LogP contribution in [0.2, 0.25) is 0 Å². The van der Waals surface area contributed by atoms with Crippen molar-refractivity contribution in [2.75, 3.05) is 26.3 Å². The van der Waals surface area contributed by atoms with E-state index in [0.29, 0.717) is 13.2 Å². The molecule has 2 aromatic rings. The molecule has 2 saturated carbocycles. The number of rotatable bonds is 10. The second kappa shape index (κ2) is 10.1. The fraction of sp³-hybridized carbons (Fsp3) is 0.438. The van der Waals surface area contributed by atoms with Gasteiger partial charge in [0.05, 0.1) is 63.2 Å². The Morgan fingerprint density at radius 1 is 0.525 bits per heavy atom. The van der Waals surface area contributed by atoms with Gasteiger partial charge in [-0.25, -0.2) is 0 Å². The number of hydrogen-bond donors (Lipinski definition) is 0. The Morgan fingerprint density at radius 3 is 1.30 bits per heavy atom.